The molecule has 1 aromatic carbocycles. The van der Waals surface area contributed by atoms with E-state index in [1.807, 2.05) is 6.07 Å². The number of sulfonamides is 2. The Morgan fingerprint density at radius 3 is 2.09 bits per heavy atom. The lowest BCUT2D eigenvalue weighted by molar-refractivity contribution is -0.170. The van der Waals surface area contributed by atoms with Crippen LogP contribution < -0.4 is 4.13 Å². The number of halogens is 3. The molecule has 3 atom stereocenters. The van der Waals surface area contributed by atoms with Gasteiger partial charge in [0.2, 0.25) is 10.0 Å². The highest BCUT2D eigenvalue weighted by Crippen LogP contribution is 2.51. The van der Waals surface area contributed by atoms with Crippen LogP contribution in [0.5, 0.6) is 0 Å². The van der Waals surface area contributed by atoms with Crippen LogP contribution >= 0.6 is 24.0 Å². The highest BCUT2D eigenvalue weighted by molar-refractivity contribution is 8.23. The number of aliphatic carboxylic acids is 1. The Morgan fingerprint density at radius 2 is 1.57 bits per heavy atom. The Bertz CT molecular complexity index is 1550. The maximum absolute atomic E-state index is 13.6. The van der Waals surface area contributed by atoms with Gasteiger partial charge in [-0.15, -0.1) is 15.9 Å². The molecule has 0 heterocycles. The van der Waals surface area contributed by atoms with Crippen molar-refractivity contribution < 1.29 is 63.7 Å². The smallest absolute Gasteiger partial charge is 0.481 e. The molecule has 0 bridgehead atoms. The van der Waals surface area contributed by atoms with E-state index in [4.69, 9.17) is 26.4 Å². The molecule has 13 nitrogen and oxygen atoms in total. The van der Waals surface area contributed by atoms with Crippen LogP contribution in [0.1, 0.15) is 45.6 Å². The summed E-state index contributed by atoms with van der Waals surface area (Å²) in [7, 11) is -10.1. The van der Waals surface area contributed by atoms with Gasteiger partial charge in [0, 0.05) is 19.3 Å². The van der Waals surface area contributed by atoms with Crippen LogP contribution in [0.3, 0.4) is 0 Å². The van der Waals surface area contributed by atoms with Crippen LogP contribution in [0.25, 0.3) is 0 Å². The standard InChI is InChI=1S/C27H35F3N2O11S4/c1-24(18-45-21(44)19-8-6-5-7-9-19,22(35)43-14-15-46(37,38)32-47(39,40)27(28,29)30)16-26(3,23(36)42-13-12-41-4)25(2,17-31)11-10-20(33)34/h5-9,32H,10-16,18H2,1-4H3,(H,33,34). The van der Waals surface area contributed by atoms with Gasteiger partial charge in [-0.05, 0) is 39.2 Å². The number of rotatable bonds is 19. The van der Waals surface area contributed by atoms with Crippen molar-refractivity contribution in [3.8, 4) is 6.07 Å². The van der Waals surface area contributed by atoms with Gasteiger partial charge < -0.3 is 19.3 Å². The summed E-state index contributed by atoms with van der Waals surface area (Å²) in [6.07, 6.45) is -1.43. The Morgan fingerprint density at radius 1 is 1.00 bits per heavy atom. The fraction of sp³-hybridized carbons (Fsp3) is 0.593. The van der Waals surface area contributed by atoms with Gasteiger partial charge in [0.15, 0.2) is 0 Å². The highest BCUT2D eigenvalue weighted by Gasteiger charge is 2.57. The van der Waals surface area contributed by atoms with Gasteiger partial charge in [-0.25, -0.2) is 16.8 Å². The monoisotopic (exact) mass is 748 g/mol. The fourth-order valence-corrected chi connectivity index (χ4v) is 7.84. The Kier molecular flexibility index (Phi) is 15.3. The molecule has 1 aromatic rings. The predicted octanol–water partition coefficient (Wildman–Crippen LogP) is 3.39. The summed E-state index contributed by atoms with van der Waals surface area (Å²) in [5.74, 6) is -5.05. The quantitative estimate of drug-likeness (QED) is 0.118. The van der Waals surface area contributed by atoms with Gasteiger partial charge >= 0.3 is 33.4 Å². The molecular weight excluding hydrogens is 714 g/mol. The summed E-state index contributed by atoms with van der Waals surface area (Å²) in [6.45, 7) is 2.54. The first-order valence-electron chi connectivity index (χ1n) is 13.5. The lowest BCUT2D eigenvalue weighted by atomic mass is 9.58. The number of hydrogen-bond acceptors (Lipinski definition) is 13. The van der Waals surface area contributed by atoms with E-state index in [0.29, 0.717) is 13.9 Å². The third-order valence-corrected chi connectivity index (χ3v) is 12.2. The molecule has 0 saturated heterocycles. The lowest BCUT2D eigenvalue weighted by Crippen LogP contribution is -2.50. The Hall–Kier alpha value is -2.83. The molecule has 0 aliphatic rings. The first-order chi connectivity index (χ1) is 21.5. The van der Waals surface area contributed by atoms with Crippen molar-refractivity contribution in [3.05, 3.63) is 35.9 Å². The number of thiocarbonyl (C=S) groups is 1. The van der Waals surface area contributed by atoms with E-state index in [9.17, 15) is 54.8 Å². The number of nitriles is 1. The zero-order valence-corrected chi connectivity index (χ0v) is 29.1. The molecule has 0 radical (unpaired) electrons. The number of nitrogens with zero attached hydrogens (tertiary/aromatic N) is 1. The first kappa shape index (κ1) is 42.2. The van der Waals surface area contributed by atoms with Crippen molar-refractivity contribution in [2.24, 2.45) is 16.2 Å². The number of ether oxygens (including phenoxy) is 3. The van der Waals surface area contributed by atoms with E-state index in [0.717, 1.165) is 11.8 Å². The van der Waals surface area contributed by atoms with Crippen molar-refractivity contribution in [1.29, 1.82) is 5.26 Å². The molecule has 264 valence electrons. The molecule has 0 spiro atoms. The van der Waals surface area contributed by atoms with Gasteiger partial charge in [-0.2, -0.15) is 18.4 Å². The maximum Gasteiger partial charge on any atom is 0.512 e. The SMILES string of the molecule is COCCOC(=O)C(C)(CC(C)(CSC(=S)c1ccccc1)C(=O)OCCS(=O)(=O)NS(=O)(=O)C(F)(F)F)C(C)(C#N)CCC(=O)O. The van der Waals surface area contributed by atoms with Crippen LogP contribution in [0.2, 0.25) is 0 Å². The Labute approximate surface area is 280 Å². The molecular formula is C27H35F3N2O11S4. The van der Waals surface area contributed by atoms with Crippen LogP contribution in [-0.4, -0.2) is 88.0 Å². The highest BCUT2D eigenvalue weighted by atomic mass is 32.3. The summed E-state index contributed by atoms with van der Waals surface area (Å²) in [5.41, 5.74) is -10.8. The van der Waals surface area contributed by atoms with Crippen molar-refractivity contribution >= 4 is 66.1 Å². The molecule has 0 fully saturated rings. The number of nitrogens with one attached hydrogen (secondary N) is 1. The average Bonchev–Trinajstić information content (AvgIpc) is 2.97. The molecule has 3 unspecified atom stereocenters. The molecule has 0 aliphatic carbocycles. The van der Waals surface area contributed by atoms with Gasteiger partial charge in [0.05, 0.1) is 38.9 Å². The molecule has 1 rings (SSSR count). The normalized spacial score (nSPS) is 16.0. The number of methoxy groups -OCH3 is 1. The minimum atomic E-state index is -6.28. The number of benzene rings is 1. The molecule has 0 aromatic heterocycles. The largest absolute Gasteiger partial charge is 0.512 e. The topological polar surface area (TPSA) is 203 Å². The van der Waals surface area contributed by atoms with Crippen LogP contribution in [0, 0.1) is 27.6 Å². The van der Waals surface area contributed by atoms with E-state index in [1.54, 1.807) is 30.3 Å². The number of thioether (sulfide) groups is 1. The third kappa shape index (κ3) is 12.0. The number of carbonyl (C=O) groups is 3. The molecule has 47 heavy (non-hydrogen) atoms. The van der Waals surface area contributed by atoms with Gasteiger partial charge in [0.1, 0.15) is 13.2 Å². The van der Waals surface area contributed by atoms with Crippen molar-refractivity contribution in [3.63, 3.8) is 0 Å². The van der Waals surface area contributed by atoms with Gasteiger partial charge in [-0.3, -0.25) is 14.4 Å². The fourth-order valence-electron chi connectivity index (χ4n) is 4.20. The molecule has 0 amide bonds. The number of carboxylic acids is 1. The van der Waals surface area contributed by atoms with Gasteiger partial charge in [-0.1, -0.05) is 42.5 Å². The van der Waals surface area contributed by atoms with E-state index in [2.05, 4.69) is 0 Å². The average molecular weight is 749 g/mol. The second-order valence-corrected chi connectivity index (χ2v) is 16.4. The number of carboxylic acid groups (broad SMARTS) is 1. The molecule has 2 N–H and O–H groups in total. The minimum absolute atomic E-state index is 0.0344. The zero-order valence-electron chi connectivity index (χ0n) is 25.8. The minimum Gasteiger partial charge on any atom is -0.481 e. The summed E-state index contributed by atoms with van der Waals surface area (Å²) >= 11 is 6.44. The summed E-state index contributed by atoms with van der Waals surface area (Å²) in [6, 6.07) is 10.5. The van der Waals surface area contributed by atoms with Crippen molar-refractivity contribution in [2.45, 2.75) is 45.5 Å². The van der Waals surface area contributed by atoms with Gasteiger partial charge in [0.25, 0.3) is 0 Å². The first-order valence-corrected chi connectivity index (χ1v) is 18.0. The third-order valence-electron chi connectivity index (χ3n) is 7.17. The summed E-state index contributed by atoms with van der Waals surface area (Å²) < 4.78 is 101. The maximum atomic E-state index is 13.6. The van der Waals surface area contributed by atoms with E-state index in [-0.39, 0.29) is 25.4 Å². The van der Waals surface area contributed by atoms with E-state index < -0.39 is 84.9 Å². The molecule has 0 aliphatic heterocycles. The molecule has 20 heteroatoms. The second kappa shape index (κ2) is 17.0. The summed E-state index contributed by atoms with van der Waals surface area (Å²) in [4.78, 5) is 38.7. The Balaban J connectivity index is 3.52. The number of esters is 2. The van der Waals surface area contributed by atoms with E-state index in [1.165, 1.54) is 27.9 Å². The second-order valence-electron chi connectivity index (χ2n) is 11.0. The van der Waals surface area contributed by atoms with Crippen molar-refractivity contribution in [1.82, 2.24) is 4.13 Å². The molecule has 0 saturated carbocycles. The zero-order chi connectivity index (χ0) is 36.3. The summed E-state index contributed by atoms with van der Waals surface area (Å²) in [5, 5.41) is 19.5. The number of alkyl halides is 3. The van der Waals surface area contributed by atoms with Crippen LogP contribution in [0.4, 0.5) is 13.2 Å². The van der Waals surface area contributed by atoms with Crippen LogP contribution in [0.15, 0.2) is 30.3 Å². The number of carbonyl (C=O) groups excluding carboxylic acids is 2. The number of hydrogen-bond donors (Lipinski definition) is 2. The lowest BCUT2D eigenvalue weighted by Gasteiger charge is -2.44. The van der Waals surface area contributed by atoms with E-state index >= 15 is 0 Å². The predicted molar refractivity (Wildman–Crippen MR) is 168 cm³/mol. The van der Waals surface area contributed by atoms with Crippen LogP contribution in [-0.2, 0) is 48.6 Å². The van der Waals surface area contributed by atoms with Crippen molar-refractivity contribution in [2.75, 3.05) is 38.4 Å².